The zero-order valence-electron chi connectivity index (χ0n) is 15.9. The summed E-state index contributed by atoms with van der Waals surface area (Å²) < 4.78 is 45.8. The molecule has 1 N–H and O–H groups in total. The molecule has 0 spiro atoms. The number of likely N-dealkylation sites (tertiary alicyclic amines) is 1. The largest absolute Gasteiger partial charge is 0.356 e. The molecule has 0 atom stereocenters. The van der Waals surface area contributed by atoms with Gasteiger partial charge in [0.05, 0.1) is 20.6 Å². The van der Waals surface area contributed by atoms with Crippen LogP contribution in [0, 0.1) is 11.7 Å². The van der Waals surface area contributed by atoms with Crippen LogP contribution in [0.15, 0.2) is 45.8 Å². The van der Waals surface area contributed by atoms with E-state index < -0.39 is 10.0 Å². The number of aromatic nitrogens is 1. The number of hydrogen-bond donors (Lipinski definition) is 1. The molecular weight excluding hydrogens is 452 g/mol. The Kier molecular flexibility index (Phi) is 6.31. The molecule has 1 aliphatic rings. The Bertz CT molecular complexity index is 1160. The number of hydrogen-bond acceptors (Lipinski definition) is 5. The molecular formula is C20H20Cl2FN3O3S. The lowest BCUT2D eigenvalue weighted by molar-refractivity contribution is 0.102. The third-order valence-corrected chi connectivity index (χ3v) is 7.35. The summed E-state index contributed by atoms with van der Waals surface area (Å²) in [5.74, 6) is -0.0787. The Morgan fingerprint density at radius 3 is 2.73 bits per heavy atom. The van der Waals surface area contributed by atoms with Gasteiger partial charge in [-0.1, -0.05) is 28.4 Å². The summed E-state index contributed by atoms with van der Waals surface area (Å²) in [6.45, 7) is 2.91. The van der Waals surface area contributed by atoms with Crippen LogP contribution in [0.25, 0.3) is 11.0 Å². The number of rotatable bonds is 8. The summed E-state index contributed by atoms with van der Waals surface area (Å²) in [4.78, 5) is 2.37. The van der Waals surface area contributed by atoms with E-state index in [1.165, 1.54) is 30.3 Å². The lowest BCUT2D eigenvalue weighted by Crippen LogP contribution is -2.51. The first-order chi connectivity index (χ1) is 14.3. The normalized spacial score (nSPS) is 15.6. The van der Waals surface area contributed by atoms with E-state index in [1.807, 2.05) is 0 Å². The maximum atomic E-state index is 13.2. The van der Waals surface area contributed by atoms with Crippen molar-refractivity contribution in [2.75, 3.05) is 26.2 Å². The van der Waals surface area contributed by atoms with Crippen LogP contribution in [-0.4, -0.2) is 44.7 Å². The highest BCUT2D eigenvalue weighted by molar-refractivity contribution is 7.89. The fraction of sp³-hybridized carbons (Fsp3) is 0.350. The lowest BCUT2D eigenvalue weighted by atomic mass is 10.00. The van der Waals surface area contributed by atoms with Crippen molar-refractivity contribution in [3.63, 3.8) is 0 Å². The third-order valence-electron chi connectivity index (χ3n) is 5.19. The average Bonchev–Trinajstić information content (AvgIpc) is 3.06. The maximum absolute atomic E-state index is 13.2. The van der Waals surface area contributed by atoms with Crippen LogP contribution in [0.5, 0.6) is 0 Å². The third kappa shape index (κ3) is 4.78. The van der Waals surface area contributed by atoms with Gasteiger partial charge in [0, 0.05) is 31.1 Å². The van der Waals surface area contributed by atoms with E-state index in [2.05, 4.69) is 14.8 Å². The second-order valence-corrected chi connectivity index (χ2v) is 10.0. The highest BCUT2D eigenvalue weighted by Gasteiger charge is 2.28. The van der Waals surface area contributed by atoms with Crippen LogP contribution in [0.3, 0.4) is 0 Å². The summed E-state index contributed by atoms with van der Waals surface area (Å²) in [6, 6.07) is 8.69. The Labute approximate surface area is 184 Å². The molecule has 0 unspecified atom stereocenters. The highest BCUT2D eigenvalue weighted by Crippen LogP contribution is 2.25. The summed E-state index contributed by atoms with van der Waals surface area (Å²) in [5, 5.41) is 5.40. The van der Waals surface area contributed by atoms with E-state index >= 15 is 0 Å². The Hall–Kier alpha value is -1.71. The number of halogens is 3. The van der Waals surface area contributed by atoms with E-state index in [1.54, 1.807) is 6.07 Å². The number of aryl methyl sites for hydroxylation is 1. The predicted octanol–water partition coefficient (Wildman–Crippen LogP) is 4.12. The van der Waals surface area contributed by atoms with Crippen molar-refractivity contribution in [2.24, 2.45) is 5.92 Å². The molecule has 4 rings (SSSR count). The summed E-state index contributed by atoms with van der Waals surface area (Å²) in [7, 11) is -3.62. The molecule has 3 aromatic rings. The fourth-order valence-electron chi connectivity index (χ4n) is 3.56. The monoisotopic (exact) mass is 471 g/mol. The van der Waals surface area contributed by atoms with Crippen LogP contribution < -0.4 is 4.72 Å². The number of sulfonamides is 1. The van der Waals surface area contributed by atoms with E-state index in [9.17, 15) is 12.8 Å². The van der Waals surface area contributed by atoms with Crippen LogP contribution in [-0.2, 0) is 16.4 Å². The molecule has 0 saturated carbocycles. The van der Waals surface area contributed by atoms with Gasteiger partial charge >= 0.3 is 0 Å². The molecule has 2 heterocycles. The van der Waals surface area contributed by atoms with Gasteiger partial charge in [0.15, 0.2) is 5.58 Å². The minimum Gasteiger partial charge on any atom is -0.356 e. The molecule has 160 valence electrons. The summed E-state index contributed by atoms with van der Waals surface area (Å²) >= 11 is 11.7. The predicted molar refractivity (Wildman–Crippen MR) is 114 cm³/mol. The van der Waals surface area contributed by atoms with Gasteiger partial charge in [-0.25, -0.2) is 17.5 Å². The molecule has 0 radical (unpaired) electrons. The molecule has 6 nitrogen and oxygen atoms in total. The van der Waals surface area contributed by atoms with Gasteiger partial charge in [-0.3, -0.25) is 0 Å². The maximum Gasteiger partial charge on any atom is 0.240 e. The fourth-order valence-corrected chi connectivity index (χ4v) is 5.06. The molecule has 1 saturated heterocycles. The second kappa shape index (κ2) is 8.80. The van der Waals surface area contributed by atoms with Crippen molar-refractivity contribution >= 4 is 44.2 Å². The zero-order valence-corrected chi connectivity index (χ0v) is 18.3. The summed E-state index contributed by atoms with van der Waals surface area (Å²) in [5.41, 5.74) is 1.29. The van der Waals surface area contributed by atoms with Crippen LogP contribution >= 0.6 is 23.2 Å². The minimum absolute atomic E-state index is 0.104. The van der Waals surface area contributed by atoms with Crippen molar-refractivity contribution < 1.29 is 17.3 Å². The number of nitrogens with one attached hydrogen (secondary N) is 1. The molecule has 0 amide bonds. The Balaban J connectivity index is 1.20. The molecule has 2 aromatic carbocycles. The van der Waals surface area contributed by atoms with Crippen molar-refractivity contribution in [3.8, 4) is 0 Å². The average molecular weight is 472 g/mol. The van der Waals surface area contributed by atoms with Gasteiger partial charge < -0.3 is 9.42 Å². The van der Waals surface area contributed by atoms with Crippen molar-refractivity contribution in [1.29, 1.82) is 0 Å². The second-order valence-electron chi connectivity index (χ2n) is 7.43. The van der Waals surface area contributed by atoms with Crippen molar-refractivity contribution in [2.45, 2.75) is 17.7 Å². The molecule has 1 aromatic heterocycles. The zero-order chi connectivity index (χ0) is 21.3. The lowest BCUT2D eigenvalue weighted by Gasteiger charge is -2.39. The van der Waals surface area contributed by atoms with E-state index in [-0.39, 0.29) is 21.7 Å². The first-order valence-corrected chi connectivity index (χ1v) is 11.8. The molecule has 10 heteroatoms. The standard InChI is InChI=1S/C20H20Cl2FN3O3S/c21-17-6-4-15(9-18(17)22)30(27,28)24-10-13-11-26(12-13)7-1-2-19-16-5-3-14(23)8-20(16)29-25-19/h3-6,8-9,13,24H,1-2,7,10-12H2. The minimum atomic E-state index is -3.62. The topological polar surface area (TPSA) is 75.4 Å². The van der Waals surface area contributed by atoms with E-state index in [0.717, 1.165) is 43.6 Å². The van der Waals surface area contributed by atoms with Crippen LogP contribution in [0.4, 0.5) is 4.39 Å². The first-order valence-electron chi connectivity index (χ1n) is 9.53. The summed E-state index contributed by atoms with van der Waals surface area (Å²) in [6.07, 6.45) is 1.63. The van der Waals surface area contributed by atoms with Gasteiger partial charge in [-0.15, -0.1) is 0 Å². The highest BCUT2D eigenvalue weighted by atomic mass is 35.5. The van der Waals surface area contributed by atoms with Crippen LogP contribution in [0.2, 0.25) is 10.0 Å². The van der Waals surface area contributed by atoms with Gasteiger partial charge in [0.1, 0.15) is 5.82 Å². The smallest absolute Gasteiger partial charge is 0.240 e. The number of fused-ring (bicyclic) bond motifs is 1. The molecule has 1 fully saturated rings. The number of nitrogens with zero attached hydrogens (tertiary/aromatic N) is 2. The van der Waals surface area contributed by atoms with Gasteiger partial charge in [0.25, 0.3) is 0 Å². The SMILES string of the molecule is O=S(=O)(NCC1CN(CCCc2noc3cc(F)ccc23)C1)c1ccc(Cl)c(Cl)c1. The number of benzene rings is 2. The molecule has 1 aliphatic heterocycles. The van der Waals surface area contributed by atoms with Gasteiger partial charge in [0.2, 0.25) is 10.0 Å². The Morgan fingerprint density at radius 2 is 1.97 bits per heavy atom. The first kappa shape index (κ1) is 21.5. The van der Waals surface area contributed by atoms with E-state index in [4.69, 9.17) is 27.7 Å². The Morgan fingerprint density at radius 1 is 1.17 bits per heavy atom. The van der Waals surface area contributed by atoms with Crippen molar-refractivity contribution in [3.05, 3.63) is 58.0 Å². The van der Waals surface area contributed by atoms with Gasteiger partial charge in [-0.2, -0.15) is 0 Å². The van der Waals surface area contributed by atoms with E-state index in [0.29, 0.717) is 17.2 Å². The van der Waals surface area contributed by atoms with Crippen molar-refractivity contribution in [1.82, 2.24) is 14.8 Å². The quantitative estimate of drug-likeness (QED) is 0.534. The van der Waals surface area contributed by atoms with Gasteiger partial charge in [-0.05, 0) is 55.6 Å². The molecule has 0 bridgehead atoms. The van der Waals surface area contributed by atoms with Crippen LogP contribution in [0.1, 0.15) is 12.1 Å². The molecule has 30 heavy (non-hydrogen) atoms. The molecule has 0 aliphatic carbocycles.